The van der Waals surface area contributed by atoms with Crippen LogP contribution in [0.15, 0.2) is 42.5 Å². The molecule has 0 spiro atoms. The van der Waals surface area contributed by atoms with Crippen molar-refractivity contribution in [2.24, 2.45) is 5.92 Å². The molecule has 1 atom stereocenters. The van der Waals surface area contributed by atoms with Gasteiger partial charge in [-0.1, -0.05) is 23.3 Å². The zero-order valence-corrected chi connectivity index (χ0v) is 17.8. The molecule has 5 nitrogen and oxygen atoms in total. The van der Waals surface area contributed by atoms with Gasteiger partial charge in [-0.3, -0.25) is 9.59 Å². The molecule has 2 fully saturated rings. The minimum absolute atomic E-state index is 0.0363. The Morgan fingerprint density at radius 2 is 1.80 bits per heavy atom. The highest BCUT2D eigenvalue weighted by Crippen LogP contribution is 2.23. The number of nitrogens with zero attached hydrogens (tertiary/aromatic N) is 1. The van der Waals surface area contributed by atoms with Crippen molar-refractivity contribution in [3.8, 4) is 5.75 Å². The molecule has 2 amide bonds. The van der Waals surface area contributed by atoms with Gasteiger partial charge < -0.3 is 15.0 Å². The van der Waals surface area contributed by atoms with E-state index < -0.39 is 0 Å². The predicted octanol–water partition coefficient (Wildman–Crippen LogP) is 4.13. The molecule has 1 heterocycles. The smallest absolute Gasteiger partial charge is 0.253 e. The van der Waals surface area contributed by atoms with E-state index in [1.54, 1.807) is 6.07 Å². The maximum atomic E-state index is 13.0. The monoisotopic (exact) mass is 406 g/mol. The average Bonchev–Trinajstić information content (AvgIpc) is 3.55. The van der Waals surface area contributed by atoms with Crippen molar-refractivity contribution < 1.29 is 14.3 Å². The Morgan fingerprint density at radius 3 is 2.53 bits per heavy atom. The normalized spacial score (nSPS) is 18.7. The van der Waals surface area contributed by atoms with Gasteiger partial charge >= 0.3 is 0 Å². The van der Waals surface area contributed by atoms with Crippen LogP contribution in [0.5, 0.6) is 5.75 Å². The van der Waals surface area contributed by atoms with E-state index in [-0.39, 0.29) is 17.7 Å². The Kier molecular flexibility index (Phi) is 6.07. The molecule has 1 saturated carbocycles. The zero-order valence-electron chi connectivity index (χ0n) is 17.8. The SMILES string of the molecule is Cc1cc(C)cc(C(=O)N2CCC[C@H](COc3cccc(C(=O)NC4CC4)c3)C2)c1. The molecule has 2 aliphatic rings. The number of benzene rings is 2. The fourth-order valence-corrected chi connectivity index (χ4v) is 4.10. The average molecular weight is 407 g/mol. The molecule has 2 aromatic carbocycles. The lowest BCUT2D eigenvalue weighted by Gasteiger charge is -2.33. The summed E-state index contributed by atoms with van der Waals surface area (Å²) >= 11 is 0. The summed E-state index contributed by atoms with van der Waals surface area (Å²) < 4.78 is 6.01. The van der Waals surface area contributed by atoms with Gasteiger partial charge in [-0.2, -0.15) is 0 Å². The van der Waals surface area contributed by atoms with Crippen molar-refractivity contribution in [1.29, 1.82) is 0 Å². The topological polar surface area (TPSA) is 58.6 Å². The third-order valence-electron chi connectivity index (χ3n) is 5.77. The van der Waals surface area contributed by atoms with Crippen molar-refractivity contribution >= 4 is 11.8 Å². The van der Waals surface area contributed by atoms with Crippen LogP contribution in [0.1, 0.15) is 57.5 Å². The number of piperidine rings is 1. The summed E-state index contributed by atoms with van der Waals surface area (Å²) in [6.45, 7) is 6.09. The van der Waals surface area contributed by atoms with Gasteiger partial charge in [0.25, 0.3) is 11.8 Å². The fraction of sp³-hybridized carbons (Fsp3) is 0.440. The summed E-state index contributed by atoms with van der Waals surface area (Å²) in [5.74, 6) is 1.06. The summed E-state index contributed by atoms with van der Waals surface area (Å²) in [5, 5.41) is 3.01. The van der Waals surface area contributed by atoms with Gasteiger partial charge in [0.1, 0.15) is 5.75 Å². The van der Waals surface area contributed by atoms with Crippen molar-refractivity contribution in [2.75, 3.05) is 19.7 Å². The van der Waals surface area contributed by atoms with Gasteiger partial charge in [-0.05, 0) is 69.9 Å². The second kappa shape index (κ2) is 8.90. The summed E-state index contributed by atoms with van der Waals surface area (Å²) in [7, 11) is 0. The van der Waals surface area contributed by atoms with E-state index in [9.17, 15) is 9.59 Å². The number of likely N-dealkylation sites (tertiary alicyclic amines) is 1. The van der Waals surface area contributed by atoms with Gasteiger partial charge in [-0.15, -0.1) is 0 Å². The molecule has 2 aromatic rings. The van der Waals surface area contributed by atoms with E-state index in [2.05, 4.69) is 11.4 Å². The Labute approximate surface area is 178 Å². The number of amides is 2. The Balaban J connectivity index is 1.34. The molecule has 0 aromatic heterocycles. The molecular weight excluding hydrogens is 376 g/mol. The number of hydrogen-bond donors (Lipinski definition) is 1. The zero-order chi connectivity index (χ0) is 21.1. The fourth-order valence-electron chi connectivity index (χ4n) is 4.10. The molecule has 0 bridgehead atoms. The Bertz CT molecular complexity index is 915. The third-order valence-corrected chi connectivity index (χ3v) is 5.77. The molecule has 158 valence electrons. The number of rotatable bonds is 6. The summed E-state index contributed by atoms with van der Waals surface area (Å²) in [6, 6.07) is 13.7. The van der Waals surface area contributed by atoms with Crippen LogP contribution < -0.4 is 10.1 Å². The second-order valence-corrected chi connectivity index (χ2v) is 8.72. The third kappa shape index (κ3) is 5.21. The van der Waals surface area contributed by atoms with E-state index >= 15 is 0 Å². The minimum Gasteiger partial charge on any atom is -0.493 e. The van der Waals surface area contributed by atoms with Gasteiger partial charge in [0.05, 0.1) is 6.61 Å². The molecule has 0 radical (unpaired) electrons. The van der Waals surface area contributed by atoms with Gasteiger partial charge in [-0.25, -0.2) is 0 Å². The molecule has 1 aliphatic carbocycles. The second-order valence-electron chi connectivity index (χ2n) is 8.72. The van der Waals surface area contributed by atoms with Crippen LogP contribution in [0.25, 0.3) is 0 Å². The number of hydrogen-bond acceptors (Lipinski definition) is 3. The van der Waals surface area contributed by atoms with Crippen molar-refractivity contribution in [3.63, 3.8) is 0 Å². The van der Waals surface area contributed by atoms with Crippen molar-refractivity contribution in [2.45, 2.75) is 45.6 Å². The van der Waals surface area contributed by atoms with Crippen LogP contribution in [-0.2, 0) is 0 Å². The number of carbonyl (C=O) groups is 2. The maximum absolute atomic E-state index is 13.0. The first-order valence-corrected chi connectivity index (χ1v) is 10.9. The molecule has 1 saturated heterocycles. The lowest BCUT2D eigenvalue weighted by molar-refractivity contribution is 0.0632. The first-order valence-electron chi connectivity index (χ1n) is 10.9. The first kappa shape index (κ1) is 20.5. The van der Waals surface area contributed by atoms with Gasteiger partial charge in [0, 0.05) is 36.2 Å². The van der Waals surface area contributed by atoms with Crippen LogP contribution >= 0.6 is 0 Å². The van der Waals surface area contributed by atoms with Crippen LogP contribution in [0.3, 0.4) is 0 Å². The molecule has 30 heavy (non-hydrogen) atoms. The van der Waals surface area contributed by atoms with Crippen LogP contribution in [0.2, 0.25) is 0 Å². The number of aryl methyl sites for hydroxylation is 2. The number of carbonyl (C=O) groups excluding carboxylic acids is 2. The lowest BCUT2D eigenvalue weighted by atomic mass is 9.97. The van der Waals surface area contributed by atoms with E-state index in [1.165, 1.54) is 0 Å². The molecule has 0 unspecified atom stereocenters. The number of nitrogens with one attached hydrogen (secondary N) is 1. The minimum atomic E-state index is -0.0363. The quantitative estimate of drug-likeness (QED) is 0.785. The van der Waals surface area contributed by atoms with E-state index in [1.807, 2.05) is 49.1 Å². The van der Waals surface area contributed by atoms with Crippen molar-refractivity contribution in [1.82, 2.24) is 10.2 Å². The van der Waals surface area contributed by atoms with Crippen LogP contribution in [0.4, 0.5) is 0 Å². The summed E-state index contributed by atoms with van der Waals surface area (Å²) in [5.41, 5.74) is 3.62. The van der Waals surface area contributed by atoms with E-state index in [0.29, 0.717) is 30.5 Å². The number of ether oxygens (including phenoxy) is 1. The molecule has 5 heteroatoms. The summed E-state index contributed by atoms with van der Waals surface area (Å²) in [4.78, 5) is 27.2. The highest BCUT2D eigenvalue weighted by atomic mass is 16.5. The maximum Gasteiger partial charge on any atom is 0.253 e. The predicted molar refractivity (Wildman–Crippen MR) is 117 cm³/mol. The van der Waals surface area contributed by atoms with Crippen LogP contribution in [-0.4, -0.2) is 42.5 Å². The van der Waals surface area contributed by atoms with Crippen molar-refractivity contribution in [3.05, 3.63) is 64.7 Å². The Hall–Kier alpha value is -2.82. The van der Waals surface area contributed by atoms with E-state index in [4.69, 9.17) is 4.74 Å². The standard InChI is InChI=1S/C25H30N2O3/c1-17-11-18(2)13-21(12-17)25(29)27-10-4-5-19(15-27)16-30-23-7-3-6-20(14-23)24(28)26-22-8-9-22/h3,6-7,11-14,19,22H,4-5,8-10,15-16H2,1-2H3,(H,26,28)/t19-/m0/s1. The molecular formula is C25H30N2O3. The lowest BCUT2D eigenvalue weighted by Crippen LogP contribution is -2.41. The molecule has 1 N–H and O–H groups in total. The summed E-state index contributed by atoms with van der Waals surface area (Å²) in [6.07, 6.45) is 4.16. The first-order chi connectivity index (χ1) is 14.5. The van der Waals surface area contributed by atoms with Crippen LogP contribution in [0, 0.1) is 19.8 Å². The highest BCUT2D eigenvalue weighted by Gasteiger charge is 2.26. The Morgan fingerprint density at radius 1 is 1.03 bits per heavy atom. The van der Waals surface area contributed by atoms with Gasteiger partial charge in [0.15, 0.2) is 0 Å². The molecule has 1 aliphatic heterocycles. The highest BCUT2D eigenvalue weighted by molar-refractivity contribution is 5.95. The largest absolute Gasteiger partial charge is 0.493 e. The van der Waals surface area contributed by atoms with Gasteiger partial charge in [0.2, 0.25) is 0 Å². The molecule has 4 rings (SSSR count). The van der Waals surface area contributed by atoms with E-state index in [0.717, 1.165) is 48.9 Å².